The minimum atomic E-state index is -0.967. The Hall–Kier alpha value is -3.22. The van der Waals surface area contributed by atoms with Crippen molar-refractivity contribution in [2.45, 2.75) is 19.4 Å². The summed E-state index contributed by atoms with van der Waals surface area (Å²) in [5.74, 6) is -1.52. The largest absolute Gasteiger partial charge is 0.449 e. The summed E-state index contributed by atoms with van der Waals surface area (Å²) in [6, 6.07) is 10.0. The molecule has 6 nitrogen and oxygen atoms in total. The molecule has 0 spiro atoms. The topological polar surface area (TPSA) is 81.4 Å². The lowest BCUT2D eigenvalue weighted by Crippen LogP contribution is -2.32. The van der Waals surface area contributed by atoms with Crippen LogP contribution in [0.5, 0.6) is 0 Å². The van der Waals surface area contributed by atoms with Gasteiger partial charge < -0.3 is 14.5 Å². The van der Waals surface area contributed by atoms with E-state index in [4.69, 9.17) is 9.15 Å². The molecule has 1 unspecified atom stereocenters. The van der Waals surface area contributed by atoms with Crippen LogP contribution in [0.3, 0.4) is 0 Å². The van der Waals surface area contributed by atoms with Gasteiger partial charge in [0.25, 0.3) is 5.91 Å². The molecule has 0 radical (unpaired) electrons. The highest BCUT2D eigenvalue weighted by atomic mass is 19.1. The second-order valence-corrected chi connectivity index (χ2v) is 5.33. The van der Waals surface area contributed by atoms with Crippen LogP contribution < -0.4 is 5.32 Å². The molecule has 1 N–H and O–H groups in total. The molecule has 3 aromatic rings. The van der Waals surface area contributed by atoms with Crippen molar-refractivity contribution in [3.05, 3.63) is 60.2 Å². The summed E-state index contributed by atoms with van der Waals surface area (Å²) in [7, 11) is 0. The van der Waals surface area contributed by atoms with Gasteiger partial charge >= 0.3 is 5.97 Å². The molecule has 3 rings (SSSR count). The molecule has 0 aliphatic rings. The normalized spacial score (nSPS) is 11.9. The van der Waals surface area contributed by atoms with Gasteiger partial charge in [-0.15, -0.1) is 0 Å². The first-order valence-electron chi connectivity index (χ1n) is 7.67. The number of carbonyl (C=O) groups excluding carboxylic acids is 2. The molecule has 0 aliphatic carbocycles. The minimum Gasteiger partial charge on any atom is -0.449 e. The lowest BCUT2D eigenvalue weighted by Gasteiger charge is -2.16. The number of anilines is 1. The minimum absolute atomic E-state index is 0.273. The van der Waals surface area contributed by atoms with Gasteiger partial charge in [-0.25, -0.2) is 14.2 Å². The maximum Gasteiger partial charge on any atom is 0.338 e. The van der Waals surface area contributed by atoms with Crippen LogP contribution in [0.15, 0.2) is 53.3 Å². The predicted molar refractivity (Wildman–Crippen MR) is 88.5 cm³/mol. The number of hydrogen-bond acceptors (Lipinski definition) is 5. The number of hydrogen-bond donors (Lipinski definition) is 1. The van der Waals surface area contributed by atoms with Crippen LogP contribution in [0.2, 0.25) is 0 Å². The highest BCUT2D eigenvalue weighted by Crippen LogP contribution is 2.16. The van der Waals surface area contributed by atoms with Gasteiger partial charge in [-0.05, 0) is 48.9 Å². The van der Waals surface area contributed by atoms with E-state index < -0.39 is 23.8 Å². The fourth-order valence-corrected chi connectivity index (χ4v) is 2.26. The van der Waals surface area contributed by atoms with E-state index >= 15 is 0 Å². The van der Waals surface area contributed by atoms with Gasteiger partial charge in [-0.1, -0.05) is 6.92 Å². The molecule has 0 saturated heterocycles. The monoisotopic (exact) mass is 342 g/mol. The molecule has 2 aromatic carbocycles. The predicted octanol–water partition coefficient (Wildman–Crippen LogP) is 3.54. The Morgan fingerprint density at radius 3 is 2.72 bits per heavy atom. The van der Waals surface area contributed by atoms with Crippen molar-refractivity contribution in [2.24, 2.45) is 0 Å². The summed E-state index contributed by atoms with van der Waals surface area (Å²) in [5.41, 5.74) is 1.77. The first-order chi connectivity index (χ1) is 12.1. The van der Waals surface area contributed by atoms with E-state index in [-0.39, 0.29) is 5.56 Å². The molecule has 1 atom stereocenters. The van der Waals surface area contributed by atoms with Gasteiger partial charge in [-0.2, -0.15) is 0 Å². The van der Waals surface area contributed by atoms with E-state index in [0.29, 0.717) is 23.2 Å². The molecule has 0 aliphatic heterocycles. The number of amides is 1. The van der Waals surface area contributed by atoms with Crippen molar-refractivity contribution in [1.29, 1.82) is 0 Å². The van der Waals surface area contributed by atoms with Gasteiger partial charge in [0.1, 0.15) is 11.3 Å². The summed E-state index contributed by atoms with van der Waals surface area (Å²) in [6.45, 7) is 1.73. The molecular weight excluding hydrogens is 327 g/mol. The van der Waals surface area contributed by atoms with Crippen LogP contribution in [0.25, 0.3) is 11.1 Å². The zero-order valence-corrected chi connectivity index (χ0v) is 13.4. The third-order valence-electron chi connectivity index (χ3n) is 3.59. The third kappa shape index (κ3) is 3.82. The number of aromatic nitrogens is 1. The van der Waals surface area contributed by atoms with Crippen molar-refractivity contribution >= 4 is 28.7 Å². The van der Waals surface area contributed by atoms with Crippen molar-refractivity contribution < 1.29 is 23.1 Å². The van der Waals surface area contributed by atoms with Crippen LogP contribution in [0.4, 0.5) is 10.1 Å². The van der Waals surface area contributed by atoms with Gasteiger partial charge in [0.05, 0.1) is 5.56 Å². The lowest BCUT2D eigenvalue weighted by atomic mass is 10.2. The number of nitrogens with one attached hydrogen (secondary N) is 1. The van der Waals surface area contributed by atoms with Crippen LogP contribution in [0.1, 0.15) is 23.7 Å². The van der Waals surface area contributed by atoms with E-state index in [9.17, 15) is 14.0 Å². The van der Waals surface area contributed by atoms with Gasteiger partial charge in [0.2, 0.25) is 0 Å². The number of fused-ring (bicyclic) bond motifs is 1. The number of benzene rings is 2. The highest BCUT2D eigenvalue weighted by Gasteiger charge is 2.22. The first kappa shape index (κ1) is 16.6. The molecule has 0 fully saturated rings. The Labute approximate surface area is 142 Å². The SMILES string of the molecule is CCC(OC(=O)c1ccc2ocnc2c1)C(=O)Nc1ccc(F)cc1. The van der Waals surface area contributed by atoms with E-state index in [1.807, 2.05) is 0 Å². The van der Waals surface area contributed by atoms with E-state index in [0.717, 1.165) is 0 Å². The fraction of sp³-hybridized carbons (Fsp3) is 0.167. The van der Waals surface area contributed by atoms with Gasteiger partial charge in [0.15, 0.2) is 18.1 Å². The second-order valence-electron chi connectivity index (χ2n) is 5.33. The maximum absolute atomic E-state index is 12.9. The lowest BCUT2D eigenvalue weighted by molar-refractivity contribution is -0.124. The Morgan fingerprint density at radius 1 is 1.24 bits per heavy atom. The Bertz CT molecular complexity index is 905. The smallest absolute Gasteiger partial charge is 0.338 e. The highest BCUT2D eigenvalue weighted by molar-refractivity contribution is 5.98. The molecule has 1 amide bonds. The molecule has 1 aromatic heterocycles. The Balaban J connectivity index is 1.68. The van der Waals surface area contributed by atoms with Crippen LogP contribution in [-0.2, 0) is 9.53 Å². The molecule has 1 heterocycles. The van der Waals surface area contributed by atoms with Gasteiger partial charge in [-0.3, -0.25) is 4.79 Å². The summed E-state index contributed by atoms with van der Waals surface area (Å²) in [5, 5.41) is 2.59. The van der Waals surface area contributed by atoms with E-state index in [2.05, 4.69) is 10.3 Å². The standard InChI is InChI=1S/C18H15FN2O4/c1-2-15(17(22)21-13-6-4-12(19)5-7-13)25-18(23)11-3-8-16-14(9-11)20-10-24-16/h3-10,15H,2H2,1H3,(H,21,22). The number of oxazole rings is 1. The Kier molecular flexibility index (Phi) is 4.74. The average Bonchev–Trinajstić information content (AvgIpc) is 3.09. The fourth-order valence-electron chi connectivity index (χ4n) is 2.26. The van der Waals surface area contributed by atoms with Gasteiger partial charge in [0, 0.05) is 5.69 Å². The second kappa shape index (κ2) is 7.12. The summed E-state index contributed by atoms with van der Waals surface area (Å²) < 4.78 is 23.3. The molecule has 0 bridgehead atoms. The molecular formula is C18H15FN2O4. The van der Waals surface area contributed by atoms with Crippen LogP contribution >= 0.6 is 0 Å². The summed E-state index contributed by atoms with van der Waals surface area (Å²) in [4.78, 5) is 28.5. The number of nitrogens with zero attached hydrogens (tertiary/aromatic N) is 1. The quantitative estimate of drug-likeness (QED) is 0.717. The number of ether oxygens (including phenoxy) is 1. The summed E-state index contributed by atoms with van der Waals surface area (Å²) in [6.07, 6.45) is 0.612. The number of carbonyl (C=O) groups is 2. The molecule has 128 valence electrons. The molecule has 7 heteroatoms. The van der Waals surface area contributed by atoms with Crippen molar-refractivity contribution in [2.75, 3.05) is 5.32 Å². The zero-order chi connectivity index (χ0) is 17.8. The first-order valence-corrected chi connectivity index (χ1v) is 7.67. The van der Waals surface area contributed by atoms with Crippen molar-refractivity contribution in [3.8, 4) is 0 Å². The van der Waals surface area contributed by atoms with Crippen molar-refractivity contribution in [1.82, 2.24) is 4.98 Å². The number of esters is 1. The maximum atomic E-state index is 12.9. The Morgan fingerprint density at radius 2 is 2.00 bits per heavy atom. The number of halogens is 1. The zero-order valence-electron chi connectivity index (χ0n) is 13.4. The molecule has 0 saturated carbocycles. The van der Waals surface area contributed by atoms with E-state index in [1.54, 1.807) is 19.1 Å². The number of rotatable bonds is 5. The van der Waals surface area contributed by atoms with Crippen LogP contribution in [-0.4, -0.2) is 23.0 Å². The third-order valence-corrected chi connectivity index (χ3v) is 3.59. The van der Waals surface area contributed by atoms with Crippen LogP contribution in [0, 0.1) is 5.82 Å². The average molecular weight is 342 g/mol. The van der Waals surface area contributed by atoms with E-state index in [1.165, 1.54) is 36.7 Å². The summed E-state index contributed by atoms with van der Waals surface area (Å²) >= 11 is 0. The molecule has 25 heavy (non-hydrogen) atoms. The van der Waals surface area contributed by atoms with Crippen molar-refractivity contribution in [3.63, 3.8) is 0 Å².